The predicted octanol–water partition coefficient (Wildman–Crippen LogP) is 2.87. The summed E-state index contributed by atoms with van der Waals surface area (Å²) in [6, 6.07) is 7.39. The van der Waals surface area contributed by atoms with Gasteiger partial charge < -0.3 is 0 Å². The second-order valence-corrected chi connectivity index (χ2v) is 5.75. The van der Waals surface area contributed by atoms with Gasteiger partial charge in [-0.15, -0.1) is 5.10 Å². The number of H-pyrrole nitrogens is 1. The van der Waals surface area contributed by atoms with Crippen molar-refractivity contribution in [3.63, 3.8) is 0 Å². The van der Waals surface area contributed by atoms with Gasteiger partial charge in [-0.3, -0.25) is 14.8 Å². The van der Waals surface area contributed by atoms with Crippen LogP contribution < -0.4 is 4.90 Å². The molecule has 0 aliphatic carbocycles. The van der Waals surface area contributed by atoms with Crippen molar-refractivity contribution in [2.75, 3.05) is 16.8 Å². The van der Waals surface area contributed by atoms with E-state index in [0.717, 1.165) is 10.9 Å². The Morgan fingerprint density at radius 3 is 2.95 bits per heavy atom. The Kier molecular flexibility index (Phi) is 3.76. The molecule has 2 heterocycles. The first-order valence-corrected chi connectivity index (χ1v) is 7.72. The number of alkyl halides is 1. The molecule has 20 heavy (non-hydrogen) atoms. The Morgan fingerprint density at radius 2 is 2.25 bits per heavy atom. The fourth-order valence-corrected chi connectivity index (χ4v) is 2.88. The molecule has 5 nitrogen and oxygen atoms in total. The summed E-state index contributed by atoms with van der Waals surface area (Å²) >= 11 is 9.54. The lowest BCUT2D eigenvalue weighted by Gasteiger charge is -2.10. The third-order valence-corrected chi connectivity index (χ3v) is 4.51. The molecule has 104 valence electrons. The topological polar surface area (TPSA) is 61.9 Å². The maximum Gasteiger partial charge on any atom is 0.251 e. The molecule has 0 bridgehead atoms. The number of hydrogen-bond acceptors (Lipinski definition) is 3. The van der Waals surface area contributed by atoms with E-state index in [0.29, 0.717) is 35.7 Å². The zero-order valence-electron chi connectivity index (χ0n) is 10.5. The van der Waals surface area contributed by atoms with Crippen molar-refractivity contribution in [3.05, 3.63) is 29.3 Å². The Labute approximate surface area is 129 Å². The number of anilines is 1. The smallest absolute Gasteiger partial charge is 0.251 e. The molecular weight excluding hydrogens is 344 g/mol. The number of benzene rings is 1. The summed E-state index contributed by atoms with van der Waals surface area (Å²) in [6.45, 7) is 0.643. The average molecular weight is 356 g/mol. The quantitative estimate of drug-likeness (QED) is 0.861. The maximum absolute atomic E-state index is 11.9. The highest BCUT2D eigenvalue weighted by molar-refractivity contribution is 9.09. The number of hydrogen-bond donors (Lipinski definition) is 1. The van der Waals surface area contributed by atoms with Crippen LogP contribution in [0.15, 0.2) is 24.3 Å². The van der Waals surface area contributed by atoms with Crippen LogP contribution in [0.1, 0.15) is 6.42 Å². The molecule has 3 rings (SSSR count). The van der Waals surface area contributed by atoms with Crippen LogP contribution in [-0.4, -0.2) is 33.0 Å². The predicted molar refractivity (Wildman–Crippen MR) is 81.1 cm³/mol. The molecule has 0 saturated carbocycles. The zero-order chi connectivity index (χ0) is 14.1. The molecule has 1 N–H and O–H groups in total. The Hall–Kier alpha value is -1.40. The van der Waals surface area contributed by atoms with Gasteiger partial charge in [0.05, 0.1) is 5.02 Å². The van der Waals surface area contributed by atoms with Gasteiger partial charge in [0, 0.05) is 23.9 Å². The van der Waals surface area contributed by atoms with Crippen LogP contribution in [-0.2, 0) is 4.79 Å². The largest absolute Gasteiger partial charge is 0.279 e. The molecule has 1 unspecified atom stereocenters. The van der Waals surface area contributed by atoms with E-state index in [-0.39, 0.29) is 5.91 Å². The molecule has 1 saturated heterocycles. The molecule has 0 radical (unpaired) electrons. The first kappa shape index (κ1) is 13.6. The third kappa shape index (κ3) is 2.45. The minimum atomic E-state index is 0.0548. The monoisotopic (exact) mass is 354 g/mol. The van der Waals surface area contributed by atoms with E-state index in [1.807, 2.05) is 18.2 Å². The van der Waals surface area contributed by atoms with Crippen molar-refractivity contribution >= 4 is 39.4 Å². The molecule has 1 aromatic heterocycles. The minimum absolute atomic E-state index is 0.0548. The fourth-order valence-electron chi connectivity index (χ4n) is 2.23. The van der Waals surface area contributed by atoms with E-state index in [2.05, 4.69) is 31.1 Å². The second-order valence-electron chi connectivity index (χ2n) is 4.69. The summed E-state index contributed by atoms with van der Waals surface area (Å²) in [5.41, 5.74) is 0.775. The highest BCUT2D eigenvalue weighted by Gasteiger charge is 2.32. The van der Waals surface area contributed by atoms with E-state index in [1.165, 1.54) is 0 Å². The molecule has 1 aliphatic heterocycles. The molecule has 2 aromatic rings. The summed E-state index contributed by atoms with van der Waals surface area (Å²) < 4.78 is 0. The van der Waals surface area contributed by atoms with E-state index in [9.17, 15) is 4.79 Å². The van der Waals surface area contributed by atoms with Crippen molar-refractivity contribution < 1.29 is 4.79 Å². The molecule has 1 aromatic carbocycles. The number of rotatable bonds is 3. The normalized spacial score (nSPS) is 18.8. The average Bonchev–Trinajstić information content (AvgIpc) is 3.05. The highest BCUT2D eigenvalue weighted by atomic mass is 79.9. The zero-order valence-corrected chi connectivity index (χ0v) is 12.9. The second kappa shape index (κ2) is 5.54. The Bertz CT molecular complexity index is 645. The molecule has 7 heteroatoms. The summed E-state index contributed by atoms with van der Waals surface area (Å²) in [5.74, 6) is 1.35. The summed E-state index contributed by atoms with van der Waals surface area (Å²) in [7, 11) is 0. The number of halogens is 2. The maximum atomic E-state index is 11.9. The Morgan fingerprint density at radius 1 is 1.45 bits per heavy atom. The minimum Gasteiger partial charge on any atom is -0.279 e. The summed E-state index contributed by atoms with van der Waals surface area (Å²) in [6.07, 6.45) is 0.529. The molecule has 0 spiro atoms. The van der Waals surface area contributed by atoms with Gasteiger partial charge >= 0.3 is 0 Å². The summed E-state index contributed by atoms with van der Waals surface area (Å²) in [5, 5.41) is 8.37. The van der Waals surface area contributed by atoms with Gasteiger partial charge in [-0.05, 0) is 18.1 Å². The van der Waals surface area contributed by atoms with Crippen molar-refractivity contribution in [1.29, 1.82) is 0 Å². The standard InChI is InChI=1S/C13H12BrClN4O/c14-6-8-5-11(20)19(7-8)13-16-12(17-18-13)9-3-1-2-4-10(9)15/h1-4,8H,5-7H2,(H,16,17,18). The first-order valence-electron chi connectivity index (χ1n) is 6.22. The number of aromatic nitrogens is 3. The van der Waals surface area contributed by atoms with Gasteiger partial charge in [0.2, 0.25) is 5.91 Å². The first-order chi connectivity index (χ1) is 9.69. The van der Waals surface area contributed by atoms with Crippen molar-refractivity contribution in [2.24, 2.45) is 5.92 Å². The van der Waals surface area contributed by atoms with Crippen LogP contribution in [0.25, 0.3) is 11.4 Å². The molecule has 1 atom stereocenters. The molecule has 1 fully saturated rings. The molecule has 1 aliphatic rings. The fraction of sp³-hybridized carbons (Fsp3) is 0.308. The number of carbonyl (C=O) groups excluding carboxylic acids is 1. The van der Waals surface area contributed by atoms with Gasteiger partial charge in [-0.2, -0.15) is 4.98 Å². The van der Waals surface area contributed by atoms with Crippen LogP contribution in [0.2, 0.25) is 5.02 Å². The highest BCUT2D eigenvalue weighted by Crippen LogP contribution is 2.28. The number of carbonyl (C=O) groups is 1. The number of amides is 1. The van der Waals surface area contributed by atoms with Crippen molar-refractivity contribution in [1.82, 2.24) is 15.2 Å². The van der Waals surface area contributed by atoms with Gasteiger partial charge in [0.25, 0.3) is 5.95 Å². The summed E-state index contributed by atoms with van der Waals surface area (Å²) in [4.78, 5) is 17.9. The van der Waals surface area contributed by atoms with Crippen molar-refractivity contribution in [2.45, 2.75) is 6.42 Å². The molecular formula is C13H12BrClN4O. The van der Waals surface area contributed by atoms with Crippen LogP contribution in [0, 0.1) is 5.92 Å². The lowest BCUT2D eigenvalue weighted by molar-refractivity contribution is -0.117. The lowest BCUT2D eigenvalue weighted by Crippen LogP contribution is -2.25. The third-order valence-electron chi connectivity index (χ3n) is 3.27. The van der Waals surface area contributed by atoms with Gasteiger partial charge in [0.15, 0.2) is 5.82 Å². The van der Waals surface area contributed by atoms with Crippen molar-refractivity contribution in [3.8, 4) is 11.4 Å². The van der Waals surface area contributed by atoms with Gasteiger partial charge in [0.1, 0.15) is 0 Å². The number of nitrogens with one attached hydrogen (secondary N) is 1. The Balaban J connectivity index is 1.88. The van der Waals surface area contributed by atoms with E-state index >= 15 is 0 Å². The van der Waals surface area contributed by atoms with Gasteiger partial charge in [-0.25, -0.2) is 0 Å². The van der Waals surface area contributed by atoms with Crippen LogP contribution in [0.5, 0.6) is 0 Å². The van der Waals surface area contributed by atoms with E-state index in [1.54, 1.807) is 11.0 Å². The SMILES string of the molecule is O=C1CC(CBr)CN1c1n[nH]c(-c2ccccc2Cl)n1. The number of nitrogens with zero attached hydrogens (tertiary/aromatic N) is 3. The lowest BCUT2D eigenvalue weighted by atomic mass is 10.2. The van der Waals surface area contributed by atoms with E-state index in [4.69, 9.17) is 11.6 Å². The van der Waals surface area contributed by atoms with Gasteiger partial charge in [-0.1, -0.05) is 39.7 Å². The molecule has 1 amide bonds. The van der Waals surface area contributed by atoms with Crippen LogP contribution in [0.4, 0.5) is 5.95 Å². The van der Waals surface area contributed by atoms with E-state index < -0.39 is 0 Å². The number of aromatic amines is 1. The van der Waals surface area contributed by atoms with Crippen LogP contribution in [0.3, 0.4) is 0 Å². The van der Waals surface area contributed by atoms with Crippen LogP contribution >= 0.6 is 27.5 Å².